The molecular weight excluding hydrogens is 186 g/mol. The van der Waals surface area contributed by atoms with E-state index in [1.54, 1.807) is 0 Å². The van der Waals surface area contributed by atoms with Gasteiger partial charge in [0.05, 0.1) is 19.6 Å². The van der Waals surface area contributed by atoms with E-state index in [0.29, 0.717) is 0 Å². The van der Waals surface area contributed by atoms with Gasteiger partial charge >= 0.3 is 0 Å². The molecule has 0 aromatic carbocycles. The van der Waals surface area contributed by atoms with Crippen molar-refractivity contribution in [1.82, 2.24) is 0 Å². The lowest BCUT2D eigenvalue weighted by atomic mass is 10.1. The molecule has 0 amide bonds. The Morgan fingerprint density at radius 1 is 0.867 bits per heavy atom. The summed E-state index contributed by atoms with van der Waals surface area (Å²) in [7, 11) is 0. The number of likely N-dealkylation sites (tertiary alicyclic amines) is 1. The maximum atomic E-state index is 12.1. The zero-order valence-electron chi connectivity index (χ0n) is 10.3. The molecule has 15 heavy (non-hydrogen) atoms. The summed E-state index contributed by atoms with van der Waals surface area (Å²) in [6.45, 7) is 4.89. The molecule has 2 heteroatoms. The molecular formula is C13H27NO. The molecule has 1 rings (SSSR count). The molecule has 2 nitrogen and oxygen atoms in total. The molecule has 1 heterocycles. The van der Waals surface area contributed by atoms with E-state index in [1.807, 2.05) is 0 Å². The number of piperidine rings is 1. The van der Waals surface area contributed by atoms with Crippen molar-refractivity contribution in [2.24, 2.45) is 0 Å². The number of quaternary nitrogens is 1. The third kappa shape index (κ3) is 5.53. The summed E-state index contributed by atoms with van der Waals surface area (Å²) < 4.78 is 0.119. The Morgan fingerprint density at radius 2 is 1.47 bits per heavy atom. The molecule has 1 aliphatic rings. The second-order valence-corrected chi connectivity index (χ2v) is 5.06. The van der Waals surface area contributed by atoms with Crippen molar-refractivity contribution in [3.05, 3.63) is 5.21 Å². The molecule has 0 radical (unpaired) electrons. The van der Waals surface area contributed by atoms with Crippen LogP contribution in [0.15, 0.2) is 0 Å². The first-order valence-electron chi connectivity index (χ1n) is 6.84. The predicted octanol–water partition coefficient (Wildman–Crippen LogP) is 3.85. The lowest BCUT2D eigenvalue weighted by molar-refractivity contribution is -0.885. The Hall–Kier alpha value is -0.0800. The van der Waals surface area contributed by atoms with Crippen molar-refractivity contribution in [2.45, 2.75) is 64.7 Å². The standard InChI is InChI=1S/C13H27NO/c1-2-3-4-5-6-8-11-14(15)12-9-7-10-13-14/h2-13H2,1H3. The van der Waals surface area contributed by atoms with Crippen LogP contribution < -0.4 is 0 Å². The van der Waals surface area contributed by atoms with Crippen molar-refractivity contribution >= 4 is 0 Å². The highest BCUT2D eigenvalue weighted by Crippen LogP contribution is 2.18. The molecule has 90 valence electrons. The van der Waals surface area contributed by atoms with E-state index >= 15 is 0 Å². The van der Waals surface area contributed by atoms with Crippen LogP contribution in [-0.2, 0) is 0 Å². The number of hydrogen-bond acceptors (Lipinski definition) is 1. The minimum absolute atomic E-state index is 0.119. The van der Waals surface area contributed by atoms with E-state index in [0.717, 1.165) is 38.9 Å². The molecule has 1 fully saturated rings. The van der Waals surface area contributed by atoms with Crippen LogP contribution in [0, 0.1) is 5.21 Å². The van der Waals surface area contributed by atoms with Crippen LogP contribution in [0.4, 0.5) is 0 Å². The summed E-state index contributed by atoms with van der Waals surface area (Å²) in [4.78, 5) is 0. The van der Waals surface area contributed by atoms with Gasteiger partial charge in [-0.15, -0.1) is 0 Å². The van der Waals surface area contributed by atoms with Gasteiger partial charge in [-0.2, -0.15) is 0 Å². The fourth-order valence-corrected chi connectivity index (χ4v) is 2.49. The van der Waals surface area contributed by atoms with Crippen LogP contribution in [0.2, 0.25) is 0 Å². The molecule has 0 atom stereocenters. The summed E-state index contributed by atoms with van der Waals surface area (Å²) in [5.74, 6) is 0. The molecule has 0 saturated carbocycles. The predicted molar refractivity (Wildman–Crippen MR) is 65.5 cm³/mol. The van der Waals surface area contributed by atoms with Gasteiger partial charge in [-0.3, -0.25) is 0 Å². The zero-order valence-corrected chi connectivity index (χ0v) is 10.3. The van der Waals surface area contributed by atoms with E-state index in [2.05, 4.69) is 6.92 Å². The van der Waals surface area contributed by atoms with Crippen LogP contribution in [0.25, 0.3) is 0 Å². The SMILES string of the molecule is CCCCCCCC[N+]1([O-])CCCCC1. The molecule has 0 spiro atoms. The highest BCUT2D eigenvalue weighted by molar-refractivity contribution is 4.55. The first kappa shape index (κ1) is 13.0. The summed E-state index contributed by atoms with van der Waals surface area (Å²) in [6.07, 6.45) is 11.3. The zero-order chi connectivity index (χ0) is 11.0. The fourth-order valence-electron chi connectivity index (χ4n) is 2.49. The maximum absolute atomic E-state index is 12.1. The lowest BCUT2D eigenvalue weighted by Gasteiger charge is -2.45. The number of nitrogens with zero attached hydrogens (tertiary/aromatic N) is 1. The number of unbranched alkanes of at least 4 members (excludes halogenated alkanes) is 5. The van der Waals surface area contributed by atoms with Crippen LogP contribution in [0.3, 0.4) is 0 Å². The minimum Gasteiger partial charge on any atom is -0.633 e. The quantitative estimate of drug-likeness (QED) is 0.358. The summed E-state index contributed by atoms with van der Waals surface area (Å²) in [5, 5.41) is 12.1. The van der Waals surface area contributed by atoms with Gasteiger partial charge in [0.15, 0.2) is 0 Å². The Labute approximate surface area is 94.8 Å². The molecule has 0 aromatic heterocycles. The normalized spacial score (nSPS) is 20.4. The van der Waals surface area contributed by atoms with Crippen LogP contribution in [0.1, 0.15) is 64.7 Å². The smallest absolute Gasteiger partial charge is 0.0783 e. The van der Waals surface area contributed by atoms with Crippen molar-refractivity contribution in [3.8, 4) is 0 Å². The average molecular weight is 213 g/mol. The van der Waals surface area contributed by atoms with Gasteiger partial charge in [0.1, 0.15) is 0 Å². The molecule has 0 N–H and O–H groups in total. The van der Waals surface area contributed by atoms with Gasteiger partial charge in [0.2, 0.25) is 0 Å². The van der Waals surface area contributed by atoms with Gasteiger partial charge in [0.25, 0.3) is 0 Å². The first-order valence-corrected chi connectivity index (χ1v) is 6.84. The molecule has 0 aromatic rings. The van der Waals surface area contributed by atoms with Gasteiger partial charge in [0, 0.05) is 0 Å². The molecule has 0 unspecified atom stereocenters. The van der Waals surface area contributed by atoms with E-state index < -0.39 is 0 Å². The average Bonchev–Trinajstić information content (AvgIpc) is 2.24. The highest BCUT2D eigenvalue weighted by Gasteiger charge is 2.19. The second-order valence-electron chi connectivity index (χ2n) is 5.06. The Morgan fingerprint density at radius 3 is 2.13 bits per heavy atom. The van der Waals surface area contributed by atoms with Crippen molar-refractivity contribution in [1.29, 1.82) is 0 Å². The van der Waals surface area contributed by atoms with E-state index in [4.69, 9.17) is 0 Å². The van der Waals surface area contributed by atoms with Crippen LogP contribution in [-0.4, -0.2) is 24.3 Å². The van der Waals surface area contributed by atoms with Gasteiger partial charge in [-0.1, -0.05) is 32.6 Å². The molecule has 1 saturated heterocycles. The summed E-state index contributed by atoms with van der Waals surface area (Å²) in [5.41, 5.74) is 0. The largest absolute Gasteiger partial charge is 0.633 e. The lowest BCUT2D eigenvalue weighted by Crippen LogP contribution is -2.46. The third-order valence-corrected chi connectivity index (χ3v) is 3.55. The monoisotopic (exact) mass is 213 g/mol. The Bertz CT molecular complexity index is 153. The number of hydroxylamine groups is 3. The summed E-state index contributed by atoms with van der Waals surface area (Å²) >= 11 is 0. The van der Waals surface area contributed by atoms with Gasteiger partial charge in [-0.05, 0) is 32.1 Å². The van der Waals surface area contributed by atoms with Crippen molar-refractivity contribution in [3.63, 3.8) is 0 Å². The Balaban J connectivity index is 1.98. The first-order chi connectivity index (χ1) is 7.27. The van der Waals surface area contributed by atoms with E-state index in [-0.39, 0.29) is 4.65 Å². The maximum Gasteiger partial charge on any atom is 0.0783 e. The van der Waals surface area contributed by atoms with E-state index in [1.165, 1.54) is 38.5 Å². The number of hydrogen-bond donors (Lipinski definition) is 0. The van der Waals surface area contributed by atoms with Gasteiger partial charge < -0.3 is 9.85 Å². The van der Waals surface area contributed by atoms with Crippen LogP contribution in [0.5, 0.6) is 0 Å². The Kier molecular flexibility index (Phi) is 6.26. The minimum atomic E-state index is 0.119. The second kappa shape index (κ2) is 7.24. The molecule has 0 aliphatic carbocycles. The summed E-state index contributed by atoms with van der Waals surface area (Å²) in [6, 6.07) is 0. The van der Waals surface area contributed by atoms with Crippen LogP contribution >= 0.6 is 0 Å². The highest BCUT2D eigenvalue weighted by atomic mass is 16.5. The molecule has 0 bridgehead atoms. The van der Waals surface area contributed by atoms with Gasteiger partial charge in [-0.25, -0.2) is 0 Å². The topological polar surface area (TPSA) is 23.1 Å². The third-order valence-electron chi connectivity index (χ3n) is 3.55. The number of rotatable bonds is 7. The fraction of sp³-hybridized carbons (Fsp3) is 1.00. The molecule has 1 aliphatic heterocycles. The van der Waals surface area contributed by atoms with Crippen molar-refractivity contribution in [2.75, 3.05) is 19.6 Å². The van der Waals surface area contributed by atoms with Crippen molar-refractivity contribution < 1.29 is 4.65 Å². The van der Waals surface area contributed by atoms with E-state index in [9.17, 15) is 5.21 Å².